The van der Waals surface area contributed by atoms with Gasteiger partial charge in [0.05, 0.1) is 15.2 Å². The van der Waals surface area contributed by atoms with Gasteiger partial charge in [0.25, 0.3) is 0 Å². The Morgan fingerprint density at radius 1 is 1.50 bits per heavy atom. The van der Waals surface area contributed by atoms with E-state index in [9.17, 15) is 9.59 Å². The second kappa shape index (κ2) is 8.39. The number of thioether (sulfide) groups is 1. The number of amides is 2. The Bertz CT molecular complexity index is 502. The van der Waals surface area contributed by atoms with Crippen LogP contribution in [0, 0.1) is 0 Å². The Morgan fingerprint density at radius 3 is 2.80 bits per heavy atom. The van der Waals surface area contributed by atoms with Gasteiger partial charge in [0.1, 0.15) is 6.04 Å². The smallest absolute Gasteiger partial charge is 0.326 e. The lowest BCUT2D eigenvalue weighted by atomic mass is 10.2. The Kier molecular flexibility index (Phi) is 7.18. The average molecular weight is 382 g/mol. The predicted octanol–water partition coefficient (Wildman–Crippen LogP) is 3.43. The number of nitrogens with one attached hydrogen (secondary N) is 2. The van der Waals surface area contributed by atoms with Gasteiger partial charge in [-0.05, 0) is 46.5 Å². The van der Waals surface area contributed by atoms with Gasteiger partial charge < -0.3 is 15.7 Å². The summed E-state index contributed by atoms with van der Waals surface area (Å²) in [7, 11) is 0. The highest BCUT2D eigenvalue weighted by atomic mass is 79.9. The van der Waals surface area contributed by atoms with E-state index in [0.717, 1.165) is 0 Å². The molecule has 0 aliphatic rings. The lowest BCUT2D eigenvalue weighted by molar-refractivity contribution is -0.139. The van der Waals surface area contributed by atoms with Crippen molar-refractivity contribution in [1.29, 1.82) is 0 Å². The van der Waals surface area contributed by atoms with Gasteiger partial charge in [-0.15, -0.1) is 0 Å². The molecule has 0 spiro atoms. The topological polar surface area (TPSA) is 78.4 Å². The summed E-state index contributed by atoms with van der Waals surface area (Å²) >= 11 is 10.7. The van der Waals surface area contributed by atoms with Crippen LogP contribution in [0.5, 0.6) is 0 Å². The lowest BCUT2D eigenvalue weighted by Gasteiger charge is -2.15. The highest BCUT2D eigenvalue weighted by Crippen LogP contribution is 2.29. The first-order chi connectivity index (χ1) is 9.45. The van der Waals surface area contributed by atoms with Crippen LogP contribution in [-0.4, -0.2) is 35.2 Å². The molecule has 2 amide bonds. The summed E-state index contributed by atoms with van der Waals surface area (Å²) in [5, 5.41) is 14.5. The minimum absolute atomic E-state index is 0.362. The largest absolute Gasteiger partial charge is 0.480 e. The summed E-state index contributed by atoms with van der Waals surface area (Å²) < 4.78 is 0.549. The number of hydrogen-bond acceptors (Lipinski definition) is 3. The van der Waals surface area contributed by atoms with Crippen LogP contribution in [0.1, 0.15) is 6.42 Å². The van der Waals surface area contributed by atoms with Gasteiger partial charge in [-0.25, -0.2) is 9.59 Å². The fraction of sp³-hybridized carbons (Fsp3) is 0.333. The molecule has 110 valence electrons. The molecule has 0 radical (unpaired) electrons. The van der Waals surface area contributed by atoms with E-state index in [1.54, 1.807) is 18.2 Å². The van der Waals surface area contributed by atoms with Crippen LogP contribution in [0.15, 0.2) is 22.7 Å². The zero-order chi connectivity index (χ0) is 15.1. The van der Waals surface area contributed by atoms with Crippen molar-refractivity contribution < 1.29 is 14.7 Å². The number of benzene rings is 1. The van der Waals surface area contributed by atoms with E-state index >= 15 is 0 Å². The van der Waals surface area contributed by atoms with E-state index in [-0.39, 0.29) is 0 Å². The summed E-state index contributed by atoms with van der Waals surface area (Å²) in [6.45, 7) is 0. The highest BCUT2D eigenvalue weighted by molar-refractivity contribution is 9.10. The Hall–Kier alpha value is -0.920. The van der Waals surface area contributed by atoms with Crippen molar-refractivity contribution in [1.82, 2.24) is 5.32 Å². The number of carboxylic acid groups (broad SMARTS) is 1. The second-order valence-corrected chi connectivity index (χ2v) is 6.06. The van der Waals surface area contributed by atoms with Crippen LogP contribution >= 0.6 is 39.3 Å². The van der Waals surface area contributed by atoms with Crippen LogP contribution in [-0.2, 0) is 4.79 Å². The third kappa shape index (κ3) is 5.22. The number of carbonyl (C=O) groups is 2. The number of halogens is 2. The van der Waals surface area contributed by atoms with Crippen LogP contribution < -0.4 is 10.6 Å². The maximum absolute atomic E-state index is 11.8. The number of aliphatic carboxylic acids is 1. The van der Waals surface area contributed by atoms with Crippen molar-refractivity contribution in [2.45, 2.75) is 12.5 Å². The van der Waals surface area contributed by atoms with Crippen LogP contribution in [0.3, 0.4) is 0 Å². The molecular formula is C12H14BrClN2O3S. The summed E-state index contributed by atoms with van der Waals surface area (Å²) in [6, 6.07) is 3.52. The molecule has 1 aromatic rings. The van der Waals surface area contributed by atoms with Crippen molar-refractivity contribution in [3.8, 4) is 0 Å². The molecule has 0 aromatic heterocycles. The monoisotopic (exact) mass is 380 g/mol. The summed E-state index contributed by atoms with van der Waals surface area (Å²) in [6.07, 6.45) is 2.24. The quantitative estimate of drug-likeness (QED) is 0.705. The molecule has 0 heterocycles. The lowest BCUT2D eigenvalue weighted by Crippen LogP contribution is -2.43. The molecule has 0 aliphatic carbocycles. The summed E-state index contributed by atoms with van der Waals surface area (Å²) in [5.41, 5.74) is 0.476. The second-order valence-electron chi connectivity index (χ2n) is 3.87. The van der Waals surface area contributed by atoms with Crippen LogP contribution in [0.4, 0.5) is 10.5 Å². The van der Waals surface area contributed by atoms with Gasteiger partial charge in [-0.3, -0.25) is 0 Å². The maximum atomic E-state index is 11.8. The minimum atomic E-state index is -1.06. The highest BCUT2D eigenvalue weighted by Gasteiger charge is 2.19. The van der Waals surface area contributed by atoms with Gasteiger partial charge >= 0.3 is 12.0 Å². The normalized spacial score (nSPS) is 11.8. The Balaban J connectivity index is 2.66. The number of hydrogen-bond donors (Lipinski definition) is 3. The molecule has 5 nitrogen and oxygen atoms in total. The van der Waals surface area contributed by atoms with Crippen molar-refractivity contribution in [3.63, 3.8) is 0 Å². The van der Waals surface area contributed by atoms with Gasteiger partial charge in [0, 0.05) is 0 Å². The zero-order valence-corrected chi connectivity index (χ0v) is 13.8. The van der Waals surface area contributed by atoms with Gasteiger partial charge in [0.15, 0.2) is 0 Å². The fourth-order valence-electron chi connectivity index (χ4n) is 1.41. The molecule has 1 atom stereocenters. The summed E-state index contributed by atoms with van der Waals surface area (Å²) in [5.74, 6) is -0.405. The SMILES string of the molecule is CSCCC(NC(=O)Nc1cccc(Cl)c1Br)C(=O)O. The maximum Gasteiger partial charge on any atom is 0.326 e. The Labute approximate surface area is 134 Å². The molecule has 0 bridgehead atoms. The fourth-order valence-corrected chi connectivity index (χ4v) is 2.42. The number of rotatable bonds is 6. The number of carboxylic acids is 1. The first-order valence-electron chi connectivity index (χ1n) is 5.69. The van der Waals surface area contributed by atoms with Crippen LogP contribution in [0.25, 0.3) is 0 Å². The van der Waals surface area contributed by atoms with Gasteiger partial charge in [0.2, 0.25) is 0 Å². The number of anilines is 1. The molecule has 1 rings (SSSR count). The van der Waals surface area contributed by atoms with E-state index in [1.165, 1.54) is 11.8 Å². The van der Waals surface area contributed by atoms with E-state index in [2.05, 4.69) is 26.6 Å². The Morgan fingerprint density at radius 2 is 2.20 bits per heavy atom. The predicted molar refractivity (Wildman–Crippen MR) is 85.7 cm³/mol. The molecule has 8 heteroatoms. The molecule has 1 aromatic carbocycles. The van der Waals surface area contributed by atoms with Crippen molar-refractivity contribution in [2.24, 2.45) is 0 Å². The minimum Gasteiger partial charge on any atom is -0.480 e. The average Bonchev–Trinajstić information content (AvgIpc) is 2.39. The molecule has 20 heavy (non-hydrogen) atoms. The first-order valence-corrected chi connectivity index (χ1v) is 8.25. The van der Waals surface area contributed by atoms with Crippen molar-refractivity contribution in [2.75, 3.05) is 17.3 Å². The number of carbonyl (C=O) groups excluding carboxylic acids is 1. The van der Waals surface area contributed by atoms with E-state index < -0.39 is 18.0 Å². The molecule has 1 unspecified atom stereocenters. The van der Waals surface area contributed by atoms with Crippen molar-refractivity contribution >= 4 is 57.0 Å². The number of urea groups is 1. The van der Waals surface area contributed by atoms with Crippen molar-refractivity contribution in [3.05, 3.63) is 27.7 Å². The summed E-state index contributed by atoms with van der Waals surface area (Å²) in [4.78, 5) is 22.8. The standard InChI is InChI=1S/C12H14BrClN2O3S/c1-20-6-5-9(11(17)18)16-12(19)15-8-4-2-3-7(14)10(8)13/h2-4,9H,5-6H2,1H3,(H,17,18)(H2,15,16,19). The van der Waals surface area contributed by atoms with Gasteiger partial charge in [-0.1, -0.05) is 17.7 Å². The molecule has 0 aliphatic heterocycles. The molecule has 0 saturated carbocycles. The molecule has 3 N–H and O–H groups in total. The third-order valence-corrected chi connectivity index (χ3v) is 4.46. The van der Waals surface area contributed by atoms with E-state index in [0.29, 0.717) is 27.4 Å². The molecular weight excluding hydrogens is 368 g/mol. The molecule has 0 fully saturated rings. The van der Waals surface area contributed by atoms with E-state index in [1.807, 2.05) is 6.26 Å². The van der Waals surface area contributed by atoms with Crippen LogP contribution in [0.2, 0.25) is 5.02 Å². The van der Waals surface area contributed by atoms with Gasteiger partial charge in [-0.2, -0.15) is 11.8 Å². The molecule has 0 saturated heterocycles. The third-order valence-electron chi connectivity index (χ3n) is 2.41. The first kappa shape index (κ1) is 17.1. The zero-order valence-electron chi connectivity index (χ0n) is 10.7. The van der Waals surface area contributed by atoms with E-state index in [4.69, 9.17) is 16.7 Å².